The Hall–Kier alpha value is -2.41. The Kier molecular flexibility index (Phi) is 7.91. The number of Topliss-reactive ketones (excluding diaryl/α,β-unsaturated/α-hetero) is 1. The third kappa shape index (κ3) is 6.78. The van der Waals surface area contributed by atoms with Gasteiger partial charge in [-0.1, -0.05) is 26.0 Å². The summed E-state index contributed by atoms with van der Waals surface area (Å²) in [6, 6.07) is 5.34. The number of carbonyl (C=O) groups is 3. The Morgan fingerprint density at radius 2 is 1.92 bits per heavy atom. The predicted molar refractivity (Wildman–Crippen MR) is 91.9 cm³/mol. The van der Waals surface area contributed by atoms with Gasteiger partial charge in [-0.2, -0.15) is 0 Å². The highest BCUT2D eigenvalue weighted by Crippen LogP contribution is 2.11. The second-order valence-electron chi connectivity index (χ2n) is 5.93. The summed E-state index contributed by atoms with van der Waals surface area (Å²) in [5.74, 6) is -0.235. The molecule has 7 heteroatoms. The fraction of sp³-hybridized carbons (Fsp3) is 0.471. The van der Waals surface area contributed by atoms with Crippen molar-refractivity contribution in [1.29, 1.82) is 0 Å². The zero-order valence-electron chi connectivity index (χ0n) is 14.3. The lowest BCUT2D eigenvalue weighted by atomic mass is 10.0. The van der Waals surface area contributed by atoms with Crippen molar-refractivity contribution in [2.24, 2.45) is 5.92 Å². The van der Waals surface area contributed by atoms with Crippen LogP contribution >= 0.6 is 0 Å². The lowest BCUT2D eigenvalue weighted by molar-refractivity contribution is -0.123. The first-order valence-electron chi connectivity index (χ1n) is 7.90. The Morgan fingerprint density at radius 1 is 1.21 bits per heavy atom. The monoisotopic (exact) mass is 335 g/mol. The Bertz CT molecular complexity index is 587. The minimum absolute atomic E-state index is 0.0971. The second-order valence-corrected chi connectivity index (χ2v) is 5.93. The van der Waals surface area contributed by atoms with E-state index in [9.17, 15) is 14.4 Å². The van der Waals surface area contributed by atoms with Gasteiger partial charge < -0.3 is 21.1 Å². The normalized spacial score (nSPS) is 11.7. The number of hydrogen-bond donors (Lipinski definition) is 4. The molecule has 0 saturated heterocycles. The van der Waals surface area contributed by atoms with E-state index in [4.69, 9.17) is 5.11 Å². The van der Waals surface area contributed by atoms with Crippen LogP contribution in [0.25, 0.3) is 0 Å². The predicted octanol–water partition coefficient (Wildman–Crippen LogP) is 1.53. The zero-order chi connectivity index (χ0) is 18.1. The largest absolute Gasteiger partial charge is 0.395 e. The summed E-state index contributed by atoms with van der Waals surface area (Å²) in [5, 5.41) is 16.6. The number of aliphatic hydroxyl groups is 1. The van der Waals surface area contributed by atoms with Gasteiger partial charge >= 0.3 is 6.03 Å². The van der Waals surface area contributed by atoms with Crippen LogP contribution in [0.4, 0.5) is 10.5 Å². The molecule has 24 heavy (non-hydrogen) atoms. The van der Waals surface area contributed by atoms with Crippen molar-refractivity contribution >= 4 is 23.4 Å². The Balaban J connectivity index is 2.71. The SMILES string of the molecule is CC(=O)c1cccc(NC(=O)N[C@@H](CC(C)C)C(=O)NCCO)c1. The molecule has 7 nitrogen and oxygen atoms in total. The lowest BCUT2D eigenvalue weighted by Gasteiger charge is -2.20. The van der Waals surface area contributed by atoms with Crippen molar-refractivity contribution in [3.63, 3.8) is 0 Å². The number of hydrogen-bond acceptors (Lipinski definition) is 4. The van der Waals surface area contributed by atoms with E-state index in [0.29, 0.717) is 17.7 Å². The van der Waals surface area contributed by atoms with Gasteiger partial charge in [0.25, 0.3) is 0 Å². The quantitative estimate of drug-likeness (QED) is 0.540. The molecular weight excluding hydrogens is 310 g/mol. The number of carbonyl (C=O) groups excluding carboxylic acids is 3. The molecule has 1 atom stereocenters. The molecule has 4 N–H and O–H groups in total. The van der Waals surface area contributed by atoms with Crippen LogP contribution in [0.2, 0.25) is 0 Å². The molecule has 0 bridgehead atoms. The van der Waals surface area contributed by atoms with Crippen LogP contribution < -0.4 is 16.0 Å². The Labute approximate surface area is 141 Å². The van der Waals surface area contributed by atoms with Gasteiger partial charge in [-0.15, -0.1) is 0 Å². The summed E-state index contributed by atoms with van der Waals surface area (Å²) in [6.07, 6.45) is 0.470. The van der Waals surface area contributed by atoms with Crippen LogP contribution in [-0.4, -0.2) is 42.0 Å². The van der Waals surface area contributed by atoms with Crippen molar-refractivity contribution in [3.05, 3.63) is 29.8 Å². The van der Waals surface area contributed by atoms with Gasteiger partial charge in [0, 0.05) is 17.8 Å². The van der Waals surface area contributed by atoms with Gasteiger partial charge in [-0.3, -0.25) is 9.59 Å². The fourth-order valence-corrected chi connectivity index (χ4v) is 2.15. The number of benzene rings is 1. The smallest absolute Gasteiger partial charge is 0.319 e. The van der Waals surface area contributed by atoms with Gasteiger partial charge in [0.2, 0.25) is 5.91 Å². The van der Waals surface area contributed by atoms with E-state index in [1.54, 1.807) is 24.3 Å². The van der Waals surface area contributed by atoms with Crippen molar-refractivity contribution in [2.75, 3.05) is 18.5 Å². The summed E-state index contributed by atoms with van der Waals surface area (Å²) in [4.78, 5) is 35.6. The summed E-state index contributed by atoms with van der Waals surface area (Å²) >= 11 is 0. The van der Waals surface area contributed by atoms with Gasteiger partial charge in [0.15, 0.2) is 5.78 Å². The fourth-order valence-electron chi connectivity index (χ4n) is 2.15. The number of aliphatic hydroxyl groups excluding tert-OH is 1. The van der Waals surface area contributed by atoms with Crippen molar-refractivity contribution in [1.82, 2.24) is 10.6 Å². The van der Waals surface area contributed by atoms with Crippen LogP contribution in [0.3, 0.4) is 0 Å². The molecular formula is C17H25N3O4. The van der Waals surface area contributed by atoms with E-state index < -0.39 is 12.1 Å². The number of anilines is 1. The molecule has 0 saturated carbocycles. The molecule has 0 spiro atoms. The van der Waals surface area contributed by atoms with Crippen molar-refractivity contribution in [2.45, 2.75) is 33.2 Å². The van der Waals surface area contributed by atoms with E-state index in [1.807, 2.05) is 13.8 Å². The molecule has 0 aliphatic carbocycles. The maximum Gasteiger partial charge on any atom is 0.319 e. The molecule has 0 aliphatic rings. The van der Waals surface area contributed by atoms with Gasteiger partial charge in [0.05, 0.1) is 6.61 Å². The lowest BCUT2D eigenvalue weighted by Crippen LogP contribution is -2.49. The summed E-state index contributed by atoms with van der Waals surface area (Å²) in [5.41, 5.74) is 0.964. The first-order valence-corrected chi connectivity index (χ1v) is 7.90. The van der Waals surface area contributed by atoms with Gasteiger partial charge in [0.1, 0.15) is 6.04 Å². The molecule has 1 aromatic rings. The molecule has 3 amide bonds. The van der Waals surface area contributed by atoms with E-state index in [0.717, 1.165) is 0 Å². The minimum Gasteiger partial charge on any atom is -0.395 e. The maximum atomic E-state index is 12.1. The average molecular weight is 335 g/mol. The molecule has 0 aliphatic heterocycles. The third-order valence-electron chi connectivity index (χ3n) is 3.27. The van der Waals surface area contributed by atoms with Crippen LogP contribution in [-0.2, 0) is 4.79 Å². The van der Waals surface area contributed by atoms with Crippen molar-refractivity contribution in [3.8, 4) is 0 Å². The molecule has 0 aromatic heterocycles. The van der Waals surface area contributed by atoms with Crippen LogP contribution in [0.5, 0.6) is 0 Å². The maximum absolute atomic E-state index is 12.1. The highest BCUT2D eigenvalue weighted by atomic mass is 16.3. The van der Waals surface area contributed by atoms with Crippen LogP contribution in [0.15, 0.2) is 24.3 Å². The van der Waals surface area contributed by atoms with Gasteiger partial charge in [-0.25, -0.2) is 4.79 Å². The summed E-state index contributed by atoms with van der Waals surface area (Å²) in [7, 11) is 0. The number of amides is 3. The number of nitrogens with one attached hydrogen (secondary N) is 3. The Morgan fingerprint density at radius 3 is 2.50 bits per heavy atom. The standard InChI is InChI=1S/C17H25N3O4/c1-11(2)9-15(16(23)18-7-8-21)20-17(24)19-14-6-4-5-13(10-14)12(3)22/h4-6,10-11,15,21H,7-9H2,1-3H3,(H,18,23)(H2,19,20,24)/t15-/m0/s1. The molecule has 0 radical (unpaired) electrons. The second kappa shape index (κ2) is 9.67. The highest BCUT2D eigenvalue weighted by molar-refractivity contribution is 5.97. The molecule has 132 valence electrons. The van der Waals surface area contributed by atoms with Crippen LogP contribution in [0.1, 0.15) is 37.6 Å². The van der Waals surface area contributed by atoms with E-state index >= 15 is 0 Å². The summed E-state index contributed by atoms with van der Waals surface area (Å²) in [6.45, 7) is 5.31. The van der Waals surface area contributed by atoms with E-state index in [2.05, 4.69) is 16.0 Å². The zero-order valence-corrected chi connectivity index (χ0v) is 14.3. The van der Waals surface area contributed by atoms with E-state index in [-0.39, 0.29) is 30.8 Å². The van der Waals surface area contributed by atoms with Gasteiger partial charge in [-0.05, 0) is 31.4 Å². The molecule has 1 rings (SSSR count). The summed E-state index contributed by atoms with van der Waals surface area (Å²) < 4.78 is 0. The topological polar surface area (TPSA) is 108 Å². The first-order chi connectivity index (χ1) is 11.3. The van der Waals surface area contributed by atoms with Crippen LogP contribution in [0, 0.1) is 5.92 Å². The molecule has 0 heterocycles. The minimum atomic E-state index is -0.701. The average Bonchev–Trinajstić information content (AvgIpc) is 2.51. The molecule has 1 aromatic carbocycles. The number of ketones is 1. The molecule has 0 unspecified atom stereocenters. The molecule has 0 fully saturated rings. The number of urea groups is 1. The number of rotatable bonds is 8. The van der Waals surface area contributed by atoms with E-state index in [1.165, 1.54) is 6.92 Å². The van der Waals surface area contributed by atoms with Crippen molar-refractivity contribution < 1.29 is 19.5 Å². The first kappa shape index (κ1) is 19.6. The highest BCUT2D eigenvalue weighted by Gasteiger charge is 2.21. The third-order valence-corrected chi connectivity index (χ3v) is 3.27.